The number of aliphatic hydroxyl groups is 1. The normalized spacial score (nSPS) is 23.9. The summed E-state index contributed by atoms with van der Waals surface area (Å²) in [4.78, 5) is 2.22. The van der Waals surface area contributed by atoms with Gasteiger partial charge in [0.25, 0.3) is 0 Å². The van der Waals surface area contributed by atoms with Gasteiger partial charge >= 0.3 is 0 Å². The lowest BCUT2D eigenvalue weighted by Crippen LogP contribution is -2.43. The van der Waals surface area contributed by atoms with Crippen molar-refractivity contribution in [3.63, 3.8) is 0 Å². The van der Waals surface area contributed by atoms with E-state index in [-0.39, 0.29) is 12.7 Å². The van der Waals surface area contributed by atoms with Crippen LogP contribution in [0.2, 0.25) is 0 Å². The quantitative estimate of drug-likeness (QED) is 0.752. The van der Waals surface area contributed by atoms with Gasteiger partial charge < -0.3 is 9.84 Å². The number of aliphatic hydroxyl groups excluding tert-OH is 1. The number of rotatable bonds is 3. The Kier molecular flexibility index (Phi) is 3.41. The van der Waals surface area contributed by atoms with Crippen molar-refractivity contribution >= 4 is 11.7 Å². The van der Waals surface area contributed by atoms with Crippen LogP contribution >= 0.6 is 11.7 Å². The van der Waals surface area contributed by atoms with E-state index < -0.39 is 0 Å². The first kappa shape index (κ1) is 9.97. The number of aromatic nitrogens is 2. The van der Waals surface area contributed by atoms with Crippen LogP contribution in [0.25, 0.3) is 0 Å². The molecule has 1 aliphatic heterocycles. The zero-order valence-corrected chi connectivity index (χ0v) is 8.61. The molecule has 0 bridgehead atoms. The van der Waals surface area contributed by atoms with E-state index >= 15 is 0 Å². The number of hydrogen-bond donors (Lipinski definition) is 1. The Morgan fingerprint density at radius 1 is 1.71 bits per heavy atom. The van der Waals surface area contributed by atoms with E-state index in [0.717, 1.165) is 25.3 Å². The lowest BCUT2D eigenvalue weighted by molar-refractivity contribution is -0.0553. The molecule has 1 unspecified atom stereocenters. The summed E-state index contributed by atoms with van der Waals surface area (Å²) in [6.07, 6.45) is 1.74. The fourth-order valence-corrected chi connectivity index (χ4v) is 1.94. The highest BCUT2D eigenvalue weighted by atomic mass is 32.1. The van der Waals surface area contributed by atoms with Crippen molar-refractivity contribution in [2.45, 2.75) is 12.6 Å². The summed E-state index contributed by atoms with van der Waals surface area (Å²) >= 11 is 1.23. The van der Waals surface area contributed by atoms with E-state index in [4.69, 9.17) is 9.84 Å². The predicted molar refractivity (Wildman–Crippen MR) is 52.0 cm³/mol. The standard InChI is InChI=1S/C8H13N3O2S/c12-6-8-5-11(1-2-13-8)4-7-3-9-14-10-7/h3,8,12H,1-2,4-6H2. The van der Waals surface area contributed by atoms with Gasteiger partial charge in [0, 0.05) is 19.6 Å². The smallest absolute Gasteiger partial charge is 0.0933 e. The Morgan fingerprint density at radius 2 is 2.64 bits per heavy atom. The van der Waals surface area contributed by atoms with Gasteiger partial charge in [-0.1, -0.05) is 0 Å². The molecule has 0 aromatic carbocycles. The minimum atomic E-state index is -0.0460. The SMILES string of the molecule is OCC1CN(Cc2cnsn2)CCO1. The van der Waals surface area contributed by atoms with Gasteiger partial charge in [-0.05, 0) is 0 Å². The highest BCUT2D eigenvalue weighted by Crippen LogP contribution is 2.08. The van der Waals surface area contributed by atoms with Gasteiger partial charge in [0.05, 0.1) is 42.9 Å². The average molecular weight is 215 g/mol. The molecule has 2 rings (SSSR count). The topological polar surface area (TPSA) is 58.5 Å². The van der Waals surface area contributed by atoms with Crippen molar-refractivity contribution in [2.75, 3.05) is 26.3 Å². The summed E-state index contributed by atoms with van der Waals surface area (Å²) < 4.78 is 13.4. The Balaban J connectivity index is 1.86. The van der Waals surface area contributed by atoms with Crippen molar-refractivity contribution < 1.29 is 9.84 Å². The van der Waals surface area contributed by atoms with Crippen molar-refractivity contribution in [3.05, 3.63) is 11.9 Å². The van der Waals surface area contributed by atoms with Gasteiger partial charge in [-0.2, -0.15) is 8.75 Å². The fraction of sp³-hybridized carbons (Fsp3) is 0.750. The second-order valence-corrected chi connectivity index (χ2v) is 3.87. The summed E-state index contributed by atoms with van der Waals surface area (Å²) in [5.74, 6) is 0. The molecule has 1 aliphatic rings. The second kappa shape index (κ2) is 4.79. The summed E-state index contributed by atoms with van der Waals surface area (Å²) in [5.41, 5.74) is 0.994. The van der Waals surface area contributed by atoms with Gasteiger partial charge in [0.1, 0.15) is 0 Å². The number of ether oxygens (including phenoxy) is 1. The van der Waals surface area contributed by atoms with E-state index in [1.165, 1.54) is 11.7 Å². The maximum absolute atomic E-state index is 8.96. The first-order valence-corrected chi connectivity index (χ1v) is 5.33. The van der Waals surface area contributed by atoms with Crippen LogP contribution in [0.4, 0.5) is 0 Å². The summed E-state index contributed by atoms with van der Waals surface area (Å²) in [7, 11) is 0. The third-order valence-corrected chi connectivity index (χ3v) is 2.73. The average Bonchev–Trinajstić information content (AvgIpc) is 2.71. The zero-order valence-electron chi connectivity index (χ0n) is 7.80. The first-order valence-electron chi connectivity index (χ1n) is 4.59. The van der Waals surface area contributed by atoms with Crippen molar-refractivity contribution in [1.29, 1.82) is 0 Å². The Labute approximate surface area is 86.6 Å². The number of nitrogens with zero attached hydrogens (tertiary/aromatic N) is 3. The molecule has 0 aliphatic carbocycles. The van der Waals surface area contributed by atoms with E-state index in [9.17, 15) is 0 Å². The van der Waals surface area contributed by atoms with Crippen LogP contribution in [-0.4, -0.2) is 51.2 Å². The second-order valence-electron chi connectivity index (χ2n) is 3.31. The van der Waals surface area contributed by atoms with Crippen LogP contribution in [-0.2, 0) is 11.3 Å². The number of morpholine rings is 1. The minimum absolute atomic E-state index is 0.0460. The first-order chi connectivity index (χ1) is 6.88. The third-order valence-electron chi connectivity index (χ3n) is 2.22. The van der Waals surface area contributed by atoms with Crippen LogP contribution in [0.5, 0.6) is 0 Å². The molecule has 0 amide bonds. The van der Waals surface area contributed by atoms with Crippen LogP contribution in [0, 0.1) is 0 Å². The molecule has 5 nitrogen and oxygen atoms in total. The molecule has 6 heteroatoms. The molecule has 1 fully saturated rings. The molecule has 0 saturated carbocycles. The van der Waals surface area contributed by atoms with Crippen LogP contribution in [0.3, 0.4) is 0 Å². The molecular weight excluding hydrogens is 202 g/mol. The van der Waals surface area contributed by atoms with Gasteiger partial charge in [0.2, 0.25) is 0 Å². The number of hydrogen-bond acceptors (Lipinski definition) is 6. The fourth-order valence-electron chi connectivity index (χ4n) is 1.52. The molecule has 1 saturated heterocycles. The molecule has 78 valence electrons. The van der Waals surface area contributed by atoms with Crippen LogP contribution < -0.4 is 0 Å². The largest absolute Gasteiger partial charge is 0.394 e. The van der Waals surface area contributed by atoms with Crippen LogP contribution in [0.1, 0.15) is 5.69 Å². The van der Waals surface area contributed by atoms with E-state index in [0.29, 0.717) is 6.61 Å². The Bertz CT molecular complexity index is 268. The summed E-state index contributed by atoms with van der Waals surface area (Å²) in [5, 5.41) is 8.96. The van der Waals surface area contributed by atoms with E-state index in [2.05, 4.69) is 13.6 Å². The maximum atomic E-state index is 8.96. The van der Waals surface area contributed by atoms with Gasteiger partial charge in [0.15, 0.2) is 0 Å². The molecule has 1 atom stereocenters. The molecule has 0 spiro atoms. The van der Waals surface area contributed by atoms with Crippen LogP contribution in [0.15, 0.2) is 6.20 Å². The van der Waals surface area contributed by atoms with E-state index in [1.54, 1.807) is 6.20 Å². The molecule has 1 aromatic rings. The maximum Gasteiger partial charge on any atom is 0.0933 e. The molecule has 2 heterocycles. The highest BCUT2D eigenvalue weighted by molar-refractivity contribution is 6.99. The lowest BCUT2D eigenvalue weighted by Gasteiger charge is -2.31. The molecular formula is C8H13N3O2S. The van der Waals surface area contributed by atoms with Crippen molar-refractivity contribution in [1.82, 2.24) is 13.6 Å². The highest BCUT2D eigenvalue weighted by Gasteiger charge is 2.19. The summed E-state index contributed by atoms with van der Waals surface area (Å²) in [6, 6.07) is 0. The molecule has 1 N–H and O–H groups in total. The lowest BCUT2D eigenvalue weighted by atomic mass is 10.2. The third kappa shape index (κ3) is 2.48. The molecule has 0 radical (unpaired) electrons. The van der Waals surface area contributed by atoms with Gasteiger partial charge in [-0.15, -0.1) is 0 Å². The van der Waals surface area contributed by atoms with Gasteiger partial charge in [-0.25, -0.2) is 0 Å². The minimum Gasteiger partial charge on any atom is -0.394 e. The van der Waals surface area contributed by atoms with E-state index in [1.807, 2.05) is 0 Å². The summed E-state index contributed by atoms with van der Waals surface area (Å²) in [6.45, 7) is 3.24. The zero-order chi connectivity index (χ0) is 9.80. The monoisotopic (exact) mass is 215 g/mol. The Hall–Kier alpha value is -0.560. The van der Waals surface area contributed by atoms with Crippen molar-refractivity contribution in [3.8, 4) is 0 Å². The molecule has 1 aromatic heterocycles. The Morgan fingerprint density at radius 3 is 3.36 bits per heavy atom. The predicted octanol–water partition coefficient (Wildman–Crippen LogP) is -0.269. The van der Waals surface area contributed by atoms with Gasteiger partial charge in [-0.3, -0.25) is 4.90 Å². The van der Waals surface area contributed by atoms with Crippen molar-refractivity contribution in [2.24, 2.45) is 0 Å². The molecule has 14 heavy (non-hydrogen) atoms.